The lowest BCUT2D eigenvalue weighted by Crippen LogP contribution is -2.12. The summed E-state index contributed by atoms with van der Waals surface area (Å²) in [5, 5.41) is -0.308. The maximum Gasteiger partial charge on any atom is 0.217 e. The van der Waals surface area contributed by atoms with Crippen LogP contribution in [0.15, 0.2) is 16.6 Å². The average molecular weight is 363 g/mol. The second kappa shape index (κ2) is 6.10. The van der Waals surface area contributed by atoms with Gasteiger partial charge in [-0.15, -0.1) is 11.6 Å². The van der Waals surface area contributed by atoms with E-state index < -0.39 is 0 Å². The van der Waals surface area contributed by atoms with E-state index in [1.54, 1.807) is 13.0 Å². The molecule has 108 valence electrons. The highest BCUT2D eigenvalue weighted by molar-refractivity contribution is 9.10. The number of hydrogen-bond donors (Lipinski definition) is 1. The molecule has 4 nitrogen and oxygen atoms in total. The number of aromatic nitrogens is 2. The minimum atomic E-state index is -0.359. The van der Waals surface area contributed by atoms with E-state index in [0.29, 0.717) is 34.3 Å². The van der Waals surface area contributed by atoms with E-state index in [0.717, 1.165) is 0 Å². The zero-order valence-electron chi connectivity index (χ0n) is 10.9. The first-order chi connectivity index (χ1) is 9.40. The Hall–Kier alpha value is -1.14. The molecule has 0 saturated heterocycles. The molecule has 2 aromatic rings. The van der Waals surface area contributed by atoms with E-state index in [1.807, 2.05) is 4.57 Å². The fraction of sp³-hybridized carbons (Fsp3) is 0.385. The van der Waals surface area contributed by atoms with Crippen LogP contribution in [0.25, 0.3) is 11.0 Å². The van der Waals surface area contributed by atoms with Crippen molar-refractivity contribution in [2.75, 3.05) is 0 Å². The van der Waals surface area contributed by atoms with E-state index in [1.165, 1.54) is 6.07 Å². The van der Waals surface area contributed by atoms with Gasteiger partial charge in [-0.2, -0.15) is 0 Å². The van der Waals surface area contributed by atoms with Crippen molar-refractivity contribution in [2.24, 2.45) is 5.73 Å². The second-order valence-electron chi connectivity index (χ2n) is 4.56. The van der Waals surface area contributed by atoms with Gasteiger partial charge in [-0.05, 0) is 35.3 Å². The minimum absolute atomic E-state index is 0.273. The largest absolute Gasteiger partial charge is 0.370 e. The molecule has 20 heavy (non-hydrogen) atoms. The predicted molar refractivity (Wildman–Crippen MR) is 80.1 cm³/mol. The predicted octanol–water partition coefficient (Wildman–Crippen LogP) is 3.50. The molecule has 2 N–H and O–H groups in total. The Morgan fingerprint density at radius 3 is 2.90 bits per heavy atom. The quantitative estimate of drug-likeness (QED) is 0.828. The molecule has 0 aliphatic carbocycles. The van der Waals surface area contributed by atoms with Gasteiger partial charge in [0, 0.05) is 19.0 Å². The number of primary amides is 1. The van der Waals surface area contributed by atoms with Crippen LogP contribution >= 0.6 is 27.5 Å². The van der Waals surface area contributed by atoms with Crippen molar-refractivity contribution in [1.29, 1.82) is 0 Å². The number of rotatable bonds is 5. The molecule has 0 aliphatic rings. The first kappa shape index (κ1) is 15.3. The smallest absolute Gasteiger partial charge is 0.217 e. The summed E-state index contributed by atoms with van der Waals surface area (Å²) < 4.78 is 15.9. The molecule has 0 fully saturated rings. The van der Waals surface area contributed by atoms with Crippen molar-refractivity contribution < 1.29 is 9.18 Å². The van der Waals surface area contributed by atoms with E-state index in [-0.39, 0.29) is 23.5 Å². The number of hydrogen-bond acceptors (Lipinski definition) is 2. The molecule has 0 bridgehead atoms. The molecule has 1 amide bonds. The van der Waals surface area contributed by atoms with Crippen LogP contribution in [0.2, 0.25) is 0 Å². The molecule has 0 saturated carbocycles. The highest BCUT2D eigenvalue weighted by Gasteiger charge is 2.16. The van der Waals surface area contributed by atoms with Crippen LogP contribution in [0.4, 0.5) is 4.39 Å². The van der Waals surface area contributed by atoms with E-state index in [2.05, 4.69) is 20.9 Å². The lowest BCUT2D eigenvalue weighted by molar-refractivity contribution is -0.118. The number of carbonyl (C=O) groups excluding carboxylic acids is 1. The van der Waals surface area contributed by atoms with Crippen LogP contribution in [0.5, 0.6) is 0 Å². The Morgan fingerprint density at radius 2 is 2.30 bits per heavy atom. The molecular weight excluding hydrogens is 349 g/mol. The molecule has 2 rings (SSSR count). The molecule has 1 aromatic heterocycles. The van der Waals surface area contributed by atoms with Gasteiger partial charge in [0.05, 0.1) is 20.9 Å². The van der Waals surface area contributed by atoms with Crippen LogP contribution in [-0.4, -0.2) is 15.5 Å². The summed E-state index contributed by atoms with van der Waals surface area (Å²) in [6.07, 6.45) is 0.837. The maximum atomic E-state index is 13.7. The van der Waals surface area contributed by atoms with Gasteiger partial charge >= 0.3 is 0 Å². The molecule has 1 heterocycles. The van der Waals surface area contributed by atoms with Gasteiger partial charge in [0.15, 0.2) is 0 Å². The Kier molecular flexibility index (Phi) is 4.65. The highest BCUT2D eigenvalue weighted by Crippen LogP contribution is 2.28. The maximum absolute atomic E-state index is 13.7. The second-order valence-corrected chi connectivity index (χ2v) is 6.07. The number of halogens is 3. The Balaban J connectivity index is 2.45. The molecule has 1 atom stereocenters. The summed E-state index contributed by atoms with van der Waals surface area (Å²) in [6, 6.07) is 3.04. The number of alkyl halides is 1. The third kappa shape index (κ3) is 3.12. The summed E-state index contributed by atoms with van der Waals surface area (Å²) in [4.78, 5) is 15.2. The lowest BCUT2D eigenvalue weighted by atomic mass is 10.2. The number of carbonyl (C=O) groups is 1. The van der Waals surface area contributed by atoms with Crippen molar-refractivity contribution in [3.8, 4) is 0 Å². The standard InChI is InChI=1S/C13H14BrClFN3O/c1-7(15)13-18-10-5-8(14)9(16)6-11(10)19(13)4-2-3-12(17)20/h5-7H,2-4H2,1H3,(H2,17,20). The molecule has 0 aliphatic heterocycles. The highest BCUT2D eigenvalue weighted by atomic mass is 79.9. The Morgan fingerprint density at radius 1 is 1.60 bits per heavy atom. The first-order valence-electron chi connectivity index (χ1n) is 6.17. The molecule has 7 heteroatoms. The van der Waals surface area contributed by atoms with Gasteiger partial charge < -0.3 is 10.3 Å². The number of benzene rings is 1. The van der Waals surface area contributed by atoms with Crippen molar-refractivity contribution in [1.82, 2.24) is 9.55 Å². The van der Waals surface area contributed by atoms with Crippen LogP contribution in [0.1, 0.15) is 31.0 Å². The van der Waals surface area contributed by atoms with Crippen molar-refractivity contribution >= 4 is 44.5 Å². The van der Waals surface area contributed by atoms with E-state index in [4.69, 9.17) is 17.3 Å². The molecule has 0 spiro atoms. The number of aryl methyl sites for hydroxylation is 1. The van der Waals surface area contributed by atoms with Gasteiger partial charge in [-0.1, -0.05) is 0 Å². The summed E-state index contributed by atoms with van der Waals surface area (Å²) in [5.74, 6) is -0.0604. The summed E-state index contributed by atoms with van der Waals surface area (Å²) in [5.41, 5.74) is 6.46. The van der Waals surface area contributed by atoms with Gasteiger partial charge in [-0.3, -0.25) is 4.79 Å². The number of amides is 1. The molecule has 0 radical (unpaired) electrons. The fourth-order valence-corrected chi connectivity index (χ4v) is 2.59. The van der Waals surface area contributed by atoms with Gasteiger partial charge in [-0.25, -0.2) is 9.37 Å². The van der Waals surface area contributed by atoms with E-state index in [9.17, 15) is 9.18 Å². The normalized spacial score (nSPS) is 12.8. The molecular formula is C13H14BrClFN3O. The first-order valence-corrected chi connectivity index (χ1v) is 7.40. The number of fused-ring (bicyclic) bond motifs is 1. The van der Waals surface area contributed by atoms with Crippen molar-refractivity contribution in [3.05, 3.63) is 28.2 Å². The monoisotopic (exact) mass is 361 g/mol. The average Bonchev–Trinajstić information content (AvgIpc) is 2.68. The number of imidazole rings is 1. The van der Waals surface area contributed by atoms with Crippen LogP contribution in [0.3, 0.4) is 0 Å². The van der Waals surface area contributed by atoms with Gasteiger partial charge in [0.25, 0.3) is 0 Å². The van der Waals surface area contributed by atoms with Crippen LogP contribution < -0.4 is 5.73 Å². The van der Waals surface area contributed by atoms with Crippen molar-refractivity contribution in [3.63, 3.8) is 0 Å². The SMILES string of the molecule is CC(Cl)c1nc2cc(Br)c(F)cc2n1CCCC(N)=O. The Bertz CT molecular complexity index is 657. The summed E-state index contributed by atoms with van der Waals surface area (Å²) in [7, 11) is 0. The van der Waals surface area contributed by atoms with Gasteiger partial charge in [0.2, 0.25) is 5.91 Å². The third-order valence-electron chi connectivity index (χ3n) is 2.98. The Labute approximate surface area is 129 Å². The molecule has 1 aromatic carbocycles. The molecule has 1 unspecified atom stereocenters. The fourth-order valence-electron chi connectivity index (χ4n) is 2.09. The van der Waals surface area contributed by atoms with E-state index >= 15 is 0 Å². The van der Waals surface area contributed by atoms with Crippen LogP contribution in [0, 0.1) is 5.82 Å². The zero-order chi connectivity index (χ0) is 14.9. The van der Waals surface area contributed by atoms with Gasteiger partial charge in [0.1, 0.15) is 11.6 Å². The number of nitrogens with zero attached hydrogens (tertiary/aromatic N) is 2. The number of nitrogens with two attached hydrogens (primary N) is 1. The zero-order valence-corrected chi connectivity index (χ0v) is 13.2. The third-order valence-corrected chi connectivity index (χ3v) is 3.78. The van der Waals surface area contributed by atoms with Crippen LogP contribution in [-0.2, 0) is 11.3 Å². The summed E-state index contributed by atoms with van der Waals surface area (Å²) >= 11 is 9.26. The lowest BCUT2D eigenvalue weighted by Gasteiger charge is -2.10. The van der Waals surface area contributed by atoms with Crippen molar-refractivity contribution in [2.45, 2.75) is 31.7 Å². The minimum Gasteiger partial charge on any atom is -0.370 e. The summed E-state index contributed by atoms with van der Waals surface area (Å²) in [6.45, 7) is 2.33. The topological polar surface area (TPSA) is 60.9 Å².